The summed E-state index contributed by atoms with van der Waals surface area (Å²) in [6, 6.07) is 3.40. The summed E-state index contributed by atoms with van der Waals surface area (Å²) in [5, 5.41) is 2.94. The van der Waals surface area contributed by atoms with E-state index >= 15 is 0 Å². The van der Waals surface area contributed by atoms with Crippen molar-refractivity contribution in [2.24, 2.45) is 0 Å². The van der Waals surface area contributed by atoms with Crippen molar-refractivity contribution >= 4 is 33.0 Å². The molecule has 0 bridgehead atoms. The van der Waals surface area contributed by atoms with Crippen molar-refractivity contribution < 1.29 is 13.5 Å². The first-order valence-electron chi connectivity index (χ1n) is 4.03. The van der Waals surface area contributed by atoms with Crippen LogP contribution in [-0.4, -0.2) is 24.9 Å². The van der Waals surface area contributed by atoms with Crippen molar-refractivity contribution in [3.05, 3.63) is 18.3 Å². The monoisotopic (exact) mass is 292 g/mol. The van der Waals surface area contributed by atoms with Crippen LogP contribution in [0.25, 0.3) is 0 Å². The second-order valence-corrected chi connectivity index (χ2v) is 4.83. The largest absolute Gasteiger partial charge is 0.760 e. The summed E-state index contributed by atoms with van der Waals surface area (Å²) >= 11 is 0.738. The average Bonchev–Trinajstić information content (AvgIpc) is 2.15. The van der Waals surface area contributed by atoms with Crippen molar-refractivity contribution in [2.75, 3.05) is 11.9 Å². The van der Waals surface area contributed by atoms with Gasteiger partial charge >= 0.3 is 0 Å². The molecular formula is C7H7BrN3O3S-. The van der Waals surface area contributed by atoms with Gasteiger partial charge in [0.15, 0.2) is 11.6 Å². The number of pyridine rings is 1. The molecule has 2 atom stereocenters. The van der Waals surface area contributed by atoms with Gasteiger partial charge in [0.1, 0.15) is 0 Å². The molecule has 1 aliphatic rings. The Morgan fingerprint density at radius 2 is 2.60 bits per heavy atom. The SMILES string of the molecule is O=S([O-])NC1(Br)CNc2ncccc2O1. The Labute approximate surface area is 97.0 Å². The van der Waals surface area contributed by atoms with E-state index in [9.17, 15) is 8.76 Å². The van der Waals surface area contributed by atoms with Gasteiger partial charge in [-0.05, 0) is 28.1 Å². The molecule has 0 spiro atoms. The van der Waals surface area contributed by atoms with Crippen LogP contribution in [0.2, 0.25) is 0 Å². The van der Waals surface area contributed by atoms with Crippen molar-refractivity contribution in [2.45, 2.75) is 4.63 Å². The highest BCUT2D eigenvalue weighted by Gasteiger charge is 2.34. The van der Waals surface area contributed by atoms with E-state index in [2.05, 4.69) is 31.0 Å². The Morgan fingerprint density at radius 3 is 3.33 bits per heavy atom. The number of hydrogen-bond donors (Lipinski definition) is 2. The number of hydrogen-bond acceptors (Lipinski definition) is 5. The summed E-state index contributed by atoms with van der Waals surface area (Å²) in [5.74, 6) is 1.07. The Morgan fingerprint density at radius 1 is 1.80 bits per heavy atom. The molecule has 0 aromatic carbocycles. The highest BCUT2D eigenvalue weighted by molar-refractivity contribution is 9.10. The van der Waals surface area contributed by atoms with Gasteiger partial charge in [-0.15, -0.1) is 0 Å². The molecule has 1 aliphatic heterocycles. The van der Waals surface area contributed by atoms with Gasteiger partial charge < -0.3 is 14.6 Å². The molecule has 0 amide bonds. The number of aromatic nitrogens is 1. The fourth-order valence-corrected chi connectivity index (χ4v) is 2.27. The van der Waals surface area contributed by atoms with E-state index in [1.54, 1.807) is 18.3 Å². The maximum atomic E-state index is 10.5. The predicted molar refractivity (Wildman–Crippen MR) is 57.1 cm³/mol. The number of fused-ring (bicyclic) bond motifs is 1. The van der Waals surface area contributed by atoms with Crippen LogP contribution in [-0.2, 0) is 11.3 Å². The second kappa shape index (κ2) is 4.05. The van der Waals surface area contributed by atoms with Gasteiger partial charge in [0.05, 0.1) is 6.54 Å². The minimum Gasteiger partial charge on any atom is -0.760 e. The molecule has 82 valence electrons. The van der Waals surface area contributed by atoms with Crippen molar-refractivity contribution in [1.29, 1.82) is 0 Å². The lowest BCUT2D eigenvalue weighted by Crippen LogP contribution is -2.52. The maximum Gasteiger partial charge on any atom is 0.244 e. The summed E-state index contributed by atoms with van der Waals surface area (Å²) in [6.45, 7) is 0.241. The number of nitrogens with zero attached hydrogens (tertiary/aromatic N) is 1. The molecule has 2 rings (SSSR count). The van der Waals surface area contributed by atoms with E-state index in [0.29, 0.717) is 11.6 Å². The van der Waals surface area contributed by atoms with Gasteiger partial charge in [-0.1, -0.05) is 0 Å². The Hall–Kier alpha value is -0.700. The van der Waals surface area contributed by atoms with Crippen LogP contribution < -0.4 is 14.8 Å². The van der Waals surface area contributed by atoms with Crippen LogP contribution in [0.4, 0.5) is 5.82 Å². The van der Waals surface area contributed by atoms with Gasteiger partial charge in [0.2, 0.25) is 4.63 Å². The average molecular weight is 293 g/mol. The fourth-order valence-electron chi connectivity index (χ4n) is 1.19. The number of halogens is 1. The summed E-state index contributed by atoms with van der Waals surface area (Å²) < 4.78 is 27.5. The third-order valence-electron chi connectivity index (χ3n) is 1.76. The Kier molecular flexibility index (Phi) is 2.91. The maximum absolute atomic E-state index is 10.5. The van der Waals surface area contributed by atoms with Gasteiger partial charge in [0.25, 0.3) is 0 Å². The molecule has 2 N–H and O–H groups in total. The molecule has 1 aromatic heterocycles. The van der Waals surface area contributed by atoms with E-state index in [4.69, 9.17) is 4.74 Å². The molecule has 0 radical (unpaired) electrons. The molecule has 0 saturated heterocycles. The number of anilines is 1. The molecule has 0 saturated carbocycles. The van der Waals surface area contributed by atoms with Gasteiger partial charge in [-0.25, -0.2) is 4.98 Å². The molecule has 2 unspecified atom stereocenters. The van der Waals surface area contributed by atoms with E-state index < -0.39 is 15.9 Å². The highest BCUT2D eigenvalue weighted by atomic mass is 79.9. The normalized spacial score (nSPS) is 26.0. The first kappa shape index (κ1) is 10.8. The predicted octanol–water partition coefficient (Wildman–Crippen LogP) is 0.318. The number of nitrogens with one attached hydrogen (secondary N) is 2. The molecule has 15 heavy (non-hydrogen) atoms. The standard InChI is InChI=1S/C7H8BrN3O3S/c8-7(11-15(12)13)4-10-6-5(14-7)2-1-3-9-6/h1-3,11H,4H2,(H,9,10)(H,12,13)/p-1. The van der Waals surface area contributed by atoms with E-state index in [-0.39, 0.29) is 6.54 Å². The fraction of sp³-hybridized carbons (Fsp3) is 0.286. The van der Waals surface area contributed by atoms with Crippen LogP contribution in [0, 0.1) is 0 Å². The van der Waals surface area contributed by atoms with Gasteiger partial charge in [0, 0.05) is 17.5 Å². The number of alkyl halides is 1. The molecule has 1 aromatic rings. The summed E-state index contributed by atoms with van der Waals surface area (Å²) in [6.07, 6.45) is 1.62. The zero-order valence-corrected chi connectivity index (χ0v) is 9.80. The highest BCUT2D eigenvalue weighted by Crippen LogP contribution is 2.32. The zero-order chi connectivity index (χ0) is 10.9. The van der Waals surface area contributed by atoms with Crippen molar-refractivity contribution in [3.63, 3.8) is 0 Å². The van der Waals surface area contributed by atoms with Crippen molar-refractivity contribution in [3.8, 4) is 5.75 Å². The molecule has 0 aliphatic carbocycles. The lowest BCUT2D eigenvalue weighted by atomic mass is 10.3. The van der Waals surface area contributed by atoms with Crippen LogP contribution in [0.3, 0.4) is 0 Å². The molecule has 8 heteroatoms. The van der Waals surface area contributed by atoms with Crippen LogP contribution in [0.15, 0.2) is 18.3 Å². The number of rotatable bonds is 2. The molecule has 6 nitrogen and oxygen atoms in total. The zero-order valence-electron chi connectivity index (χ0n) is 7.40. The summed E-state index contributed by atoms with van der Waals surface area (Å²) in [7, 11) is 0. The Bertz CT molecular complexity index is 405. The van der Waals surface area contributed by atoms with E-state index in [0.717, 1.165) is 0 Å². The quantitative estimate of drug-likeness (QED) is 0.466. The van der Waals surface area contributed by atoms with Crippen LogP contribution in [0.1, 0.15) is 0 Å². The number of ether oxygens (including phenoxy) is 1. The molecular weight excluding hydrogens is 286 g/mol. The van der Waals surface area contributed by atoms with E-state index in [1.807, 2.05) is 0 Å². The van der Waals surface area contributed by atoms with Crippen LogP contribution >= 0.6 is 15.9 Å². The van der Waals surface area contributed by atoms with Gasteiger partial charge in [-0.3, -0.25) is 4.21 Å². The third kappa shape index (κ3) is 2.46. The molecule has 0 fully saturated rings. The first-order valence-corrected chi connectivity index (χ1v) is 5.90. The summed E-state index contributed by atoms with van der Waals surface area (Å²) in [5.41, 5.74) is 0. The smallest absolute Gasteiger partial charge is 0.244 e. The third-order valence-corrected chi connectivity index (χ3v) is 3.16. The lowest BCUT2D eigenvalue weighted by Gasteiger charge is -2.34. The van der Waals surface area contributed by atoms with Gasteiger partial charge in [-0.2, -0.15) is 4.72 Å². The van der Waals surface area contributed by atoms with E-state index in [1.165, 1.54) is 0 Å². The van der Waals surface area contributed by atoms with Crippen LogP contribution in [0.5, 0.6) is 5.75 Å². The lowest BCUT2D eigenvalue weighted by molar-refractivity contribution is 0.164. The van der Waals surface area contributed by atoms with Crippen molar-refractivity contribution in [1.82, 2.24) is 9.71 Å². The minimum absolute atomic E-state index is 0.241. The molecule has 2 heterocycles. The topological polar surface area (TPSA) is 86.3 Å². The Balaban J connectivity index is 2.21. The second-order valence-electron chi connectivity index (χ2n) is 2.87. The first-order chi connectivity index (χ1) is 7.09. The minimum atomic E-state index is -2.41. The summed E-state index contributed by atoms with van der Waals surface area (Å²) in [4.78, 5) is 4.03.